The van der Waals surface area contributed by atoms with Gasteiger partial charge < -0.3 is 37.1 Å². The summed E-state index contributed by atoms with van der Waals surface area (Å²) in [4.78, 5) is 66.7. The van der Waals surface area contributed by atoms with E-state index in [2.05, 4.69) is 28.2 Å². The number of nitrogens with zero attached hydrogens (tertiary/aromatic N) is 1. The minimum atomic E-state index is -1.20. The Balaban J connectivity index is 1.88. The predicted molar refractivity (Wildman–Crippen MR) is 138 cm³/mol. The van der Waals surface area contributed by atoms with Crippen LogP contribution in [-0.4, -0.2) is 81.1 Å². The van der Waals surface area contributed by atoms with E-state index >= 15 is 0 Å². The van der Waals surface area contributed by atoms with Crippen molar-refractivity contribution in [2.45, 2.75) is 56.3 Å². The zero-order valence-corrected chi connectivity index (χ0v) is 21.1. The molecule has 0 unspecified atom stereocenters. The monoisotopic (exact) mass is 532 g/mol. The second-order valence-corrected chi connectivity index (χ2v) is 9.37. The van der Waals surface area contributed by atoms with Gasteiger partial charge in [0, 0.05) is 42.2 Å². The van der Waals surface area contributed by atoms with Gasteiger partial charge in [0.2, 0.25) is 23.6 Å². The number of aromatic amines is 1. The average molecular weight is 533 g/mol. The zero-order chi connectivity index (χ0) is 27.1. The Hall–Kier alpha value is -3.58. The number of fused-ring (bicyclic) bond motifs is 1. The maximum atomic E-state index is 13.6. The van der Waals surface area contributed by atoms with Crippen LogP contribution in [0.15, 0.2) is 30.5 Å². The first-order valence-corrected chi connectivity index (χ1v) is 12.6. The van der Waals surface area contributed by atoms with E-state index in [-0.39, 0.29) is 31.6 Å². The number of nitrogens with one attached hydrogen (secondary N) is 3. The Kier molecular flexibility index (Phi) is 9.53. The molecule has 1 aromatic carbocycles. The highest BCUT2D eigenvalue weighted by atomic mass is 32.1. The van der Waals surface area contributed by atoms with E-state index in [4.69, 9.17) is 11.5 Å². The SMILES string of the molecule is NC(=O)CC[C@H](NC(=O)[C@@H](N)CS)C(=O)N[C@@H](Cc1c[nH]c2ccccc12)C(=O)N1CCC[C@H]1C(=O)O. The van der Waals surface area contributed by atoms with Gasteiger partial charge in [-0.2, -0.15) is 12.6 Å². The number of amides is 4. The number of primary amides is 1. The molecular formula is C24H32N6O6S. The minimum absolute atomic E-state index is 0.0310. The number of hydrogen-bond acceptors (Lipinski definition) is 7. The molecule has 1 saturated heterocycles. The summed E-state index contributed by atoms with van der Waals surface area (Å²) in [5.74, 6) is -3.66. The fourth-order valence-corrected chi connectivity index (χ4v) is 4.56. The number of para-hydroxylation sites is 1. The number of aromatic nitrogens is 1. The second-order valence-electron chi connectivity index (χ2n) is 9.01. The lowest BCUT2D eigenvalue weighted by Gasteiger charge is -2.29. The molecule has 0 saturated carbocycles. The molecule has 2 aromatic rings. The summed E-state index contributed by atoms with van der Waals surface area (Å²) < 4.78 is 0. The van der Waals surface area contributed by atoms with E-state index < -0.39 is 53.8 Å². The Bertz CT molecular complexity index is 1170. The Labute approximate surface area is 218 Å². The predicted octanol–water partition coefficient (Wildman–Crippen LogP) is -0.722. The van der Waals surface area contributed by atoms with Crippen LogP contribution >= 0.6 is 12.6 Å². The molecule has 200 valence electrons. The van der Waals surface area contributed by atoms with Crippen molar-refractivity contribution in [1.82, 2.24) is 20.5 Å². The lowest BCUT2D eigenvalue weighted by atomic mass is 10.0. The molecule has 3 rings (SSSR count). The van der Waals surface area contributed by atoms with E-state index in [1.807, 2.05) is 24.3 Å². The number of H-pyrrole nitrogens is 1. The molecular weight excluding hydrogens is 500 g/mol. The average Bonchev–Trinajstić information content (AvgIpc) is 3.52. The van der Waals surface area contributed by atoms with Gasteiger partial charge >= 0.3 is 5.97 Å². The molecule has 0 spiro atoms. The first kappa shape index (κ1) is 28.0. The van der Waals surface area contributed by atoms with Gasteiger partial charge in [0.05, 0.1) is 6.04 Å². The van der Waals surface area contributed by atoms with Crippen LogP contribution in [0.2, 0.25) is 0 Å². The number of thiol groups is 1. The van der Waals surface area contributed by atoms with Gasteiger partial charge in [-0.15, -0.1) is 0 Å². The van der Waals surface area contributed by atoms with E-state index in [9.17, 15) is 29.1 Å². The van der Waals surface area contributed by atoms with Crippen LogP contribution in [0.1, 0.15) is 31.2 Å². The smallest absolute Gasteiger partial charge is 0.326 e. The fraction of sp³-hybridized carbons (Fsp3) is 0.458. The summed E-state index contributed by atoms with van der Waals surface area (Å²) in [6.45, 7) is 0.245. The standard InChI is InChI=1S/C24H32N6O6S/c25-15(12-37)21(32)28-17(7-8-20(26)31)22(33)29-18(23(34)30-9-3-6-19(30)24(35)36)10-13-11-27-16-5-2-1-4-14(13)16/h1-2,4-5,11,15,17-19,27,37H,3,6-10,12,25H2,(H2,26,31)(H,28,32)(H,29,33)(H,35,36)/t15-,17-,18-,19-/m0/s1. The lowest BCUT2D eigenvalue weighted by Crippen LogP contribution is -2.58. The van der Waals surface area contributed by atoms with Crippen LogP contribution in [0, 0.1) is 0 Å². The van der Waals surface area contributed by atoms with Crippen LogP contribution in [0.4, 0.5) is 0 Å². The van der Waals surface area contributed by atoms with Crippen LogP contribution in [0.3, 0.4) is 0 Å². The molecule has 37 heavy (non-hydrogen) atoms. The number of carboxylic acid groups (broad SMARTS) is 1. The normalized spacial score (nSPS) is 17.7. The molecule has 1 aliphatic heterocycles. The first-order valence-electron chi connectivity index (χ1n) is 12.0. The molecule has 0 aliphatic carbocycles. The molecule has 1 aliphatic rings. The van der Waals surface area contributed by atoms with E-state index in [0.29, 0.717) is 12.8 Å². The molecule has 0 bridgehead atoms. The van der Waals surface area contributed by atoms with Crippen molar-refractivity contribution in [1.29, 1.82) is 0 Å². The Morgan fingerprint density at radius 2 is 1.84 bits per heavy atom. The summed E-state index contributed by atoms with van der Waals surface area (Å²) in [6, 6.07) is 3.14. The van der Waals surface area contributed by atoms with Gasteiger partial charge in [-0.25, -0.2) is 4.79 Å². The molecule has 8 N–H and O–H groups in total. The molecule has 4 amide bonds. The topological polar surface area (TPSA) is 201 Å². The number of nitrogens with two attached hydrogens (primary N) is 2. The number of aliphatic carboxylic acids is 1. The molecule has 1 fully saturated rings. The zero-order valence-electron chi connectivity index (χ0n) is 20.2. The van der Waals surface area contributed by atoms with Gasteiger partial charge in [0.15, 0.2) is 0 Å². The number of benzene rings is 1. The van der Waals surface area contributed by atoms with Crippen molar-refractivity contribution >= 4 is 53.1 Å². The van der Waals surface area contributed by atoms with Crippen molar-refractivity contribution in [2.24, 2.45) is 11.5 Å². The third kappa shape index (κ3) is 7.01. The van der Waals surface area contributed by atoms with Crippen LogP contribution < -0.4 is 22.1 Å². The van der Waals surface area contributed by atoms with Crippen molar-refractivity contribution in [3.8, 4) is 0 Å². The number of likely N-dealkylation sites (tertiary alicyclic amines) is 1. The number of carboxylic acids is 1. The highest BCUT2D eigenvalue weighted by Gasteiger charge is 2.38. The van der Waals surface area contributed by atoms with Crippen molar-refractivity contribution in [3.63, 3.8) is 0 Å². The maximum absolute atomic E-state index is 13.6. The molecule has 4 atom stereocenters. The second kappa shape index (κ2) is 12.6. The number of hydrogen-bond donors (Lipinski definition) is 7. The largest absolute Gasteiger partial charge is 0.480 e. The number of carbonyl (C=O) groups is 5. The summed E-state index contributed by atoms with van der Waals surface area (Å²) in [7, 11) is 0. The molecule has 1 aromatic heterocycles. The lowest BCUT2D eigenvalue weighted by molar-refractivity contribution is -0.149. The number of carbonyl (C=O) groups excluding carboxylic acids is 4. The van der Waals surface area contributed by atoms with E-state index in [1.54, 1.807) is 6.20 Å². The van der Waals surface area contributed by atoms with Crippen molar-refractivity contribution < 1.29 is 29.1 Å². The third-order valence-corrected chi connectivity index (χ3v) is 6.77. The maximum Gasteiger partial charge on any atom is 0.326 e. The van der Waals surface area contributed by atoms with Crippen LogP contribution in [0.25, 0.3) is 10.9 Å². The van der Waals surface area contributed by atoms with Gasteiger partial charge in [0.25, 0.3) is 0 Å². The number of rotatable bonds is 12. The Morgan fingerprint density at radius 3 is 2.51 bits per heavy atom. The van der Waals surface area contributed by atoms with Crippen molar-refractivity contribution in [3.05, 3.63) is 36.0 Å². The summed E-state index contributed by atoms with van der Waals surface area (Å²) in [5.41, 5.74) is 12.5. The summed E-state index contributed by atoms with van der Waals surface area (Å²) >= 11 is 3.99. The van der Waals surface area contributed by atoms with Crippen LogP contribution in [0.5, 0.6) is 0 Å². The van der Waals surface area contributed by atoms with Gasteiger partial charge in [-0.05, 0) is 30.9 Å². The minimum Gasteiger partial charge on any atom is -0.480 e. The van der Waals surface area contributed by atoms with Gasteiger partial charge in [0.1, 0.15) is 18.1 Å². The summed E-state index contributed by atoms with van der Waals surface area (Å²) in [5, 5.41) is 15.6. The summed E-state index contributed by atoms with van der Waals surface area (Å²) in [6.07, 6.45) is 2.34. The molecule has 13 heteroatoms. The highest BCUT2D eigenvalue weighted by molar-refractivity contribution is 7.80. The van der Waals surface area contributed by atoms with E-state index in [0.717, 1.165) is 16.5 Å². The van der Waals surface area contributed by atoms with Crippen molar-refractivity contribution in [2.75, 3.05) is 12.3 Å². The van der Waals surface area contributed by atoms with Crippen LogP contribution in [-0.2, 0) is 30.4 Å². The fourth-order valence-electron chi connectivity index (χ4n) is 4.40. The quantitative estimate of drug-likeness (QED) is 0.175. The van der Waals surface area contributed by atoms with E-state index in [1.165, 1.54) is 4.90 Å². The molecule has 2 heterocycles. The van der Waals surface area contributed by atoms with Gasteiger partial charge in [-0.3, -0.25) is 19.2 Å². The first-order chi connectivity index (χ1) is 17.6. The third-order valence-electron chi connectivity index (χ3n) is 6.38. The molecule has 12 nitrogen and oxygen atoms in total. The Morgan fingerprint density at radius 1 is 1.14 bits per heavy atom. The van der Waals surface area contributed by atoms with Gasteiger partial charge in [-0.1, -0.05) is 18.2 Å². The highest BCUT2D eigenvalue weighted by Crippen LogP contribution is 2.23. The molecule has 0 radical (unpaired) electrons.